The first kappa shape index (κ1) is 17.8. The number of benzene rings is 1. The first-order chi connectivity index (χ1) is 11.5. The minimum absolute atomic E-state index is 0.0875. The first-order valence-electron chi connectivity index (χ1n) is 8.28. The quantitative estimate of drug-likeness (QED) is 0.802. The number of amides is 1. The van der Waals surface area contributed by atoms with Gasteiger partial charge in [-0.05, 0) is 63.6 Å². The average Bonchev–Trinajstić information content (AvgIpc) is 2.56. The van der Waals surface area contributed by atoms with Crippen LogP contribution in [0.2, 0.25) is 0 Å². The highest BCUT2D eigenvalue weighted by Gasteiger charge is 2.09. The first-order valence-corrected chi connectivity index (χ1v) is 8.28. The van der Waals surface area contributed by atoms with E-state index in [1.165, 1.54) is 0 Å². The number of carbonyl (C=O) groups is 1. The Hall–Kier alpha value is -2.56. The highest BCUT2D eigenvalue weighted by atomic mass is 16.5. The molecule has 1 heterocycles. The molecule has 128 valence electrons. The number of ether oxygens (including phenoxy) is 1. The Balaban J connectivity index is 2.05. The van der Waals surface area contributed by atoms with Gasteiger partial charge in [0.15, 0.2) is 0 Å². The second kappa shape index (κ2) is 8.34. The summed E-state index contributed by atoms with van der Waals surface area (Å²) in [5, 5.41) is 6.15. The molecule has 24 heavy (non-hydrogen) atoms. The van der Waals surface area contributed by atoms with E-state index in [1.807, 2.05) is 52.0 Å². The van der Waals surface area contributed by atoms with Gasteiger partial charge in [-0.15, -0.1) is 0 Å². The Kier molecular flexibility index (Phi) is 6.18. The summed E-state index contributed by atoms with van der Waals surface area (Å²) in [7, 11) is 0. The third-order valence-electron chi connectivity index (χ3n) is 3.51. The molecule has 2 rings (SSSR count). The van der Waals surface area contributed by atoms with Gasteiger partial charge < -0.3 is 15.4 Å². The standard InChI is InChI=1S/C19H25N3O2/c1-5-14(4)21-19(23)15-10-11-20-18(12-15)22-16-6-8-17(9-7-16)24-13(2)3/h6-14H,5H2,1-4H3,(H,20,22)(H,21,23). The number of rotatable bonds is 7. The maximum atomic E-state index is 12.2. The number of carbonyl (C=O) groups excluding carboxylic acids is 1. The van der Waals surface area contributed by atoms with Crippen molar-refractivity contribution in [1.29, 1.82) is 0 Å². The van der Waals surface area contributed by atoms with Crippen LogP contribution in [0.3, 0.4) is 0 Å². The van der Waals surface area contributed by atoms with Gasteiger partial charge in [0.1, 0.15) is 11.6 Å². The van der Waals surface area contributed by atoms with E-state index in [4.69, 9.17) is 4.74 Å². The minimum atomic E-state index is -0.0875. The van der Waals surface area contributed by atoms with Crippen LogP contribution in [0, 0.1) is 0 Å². The highest BCUT2D eigenvalue weighted by Crippen LogP contribution is 2.20. The lowest BCUT2D eigenvalue weighted by molar-refractivity contribution is 0.0939. The predicted octanol–water partition coefficient (Wildman–Crippen LogP) is 4.14. The van der Waals surface area contributed by atoms with Gasteiger partial charge in [-0.25, -0.2) is 4.98 Å². The normalized spacial score (nSPS) is 11.9. The fraction of sp³-hybridized carbons (Fsp3) is 0.368. The molecule has 1 unspecified atom stereocenters. The van der Waals surface area contributed by atoms with Crippen molar-refractivity contribution in [3.8, 4) is 5.75 Å². The molecule has 1 amide bonds. The van der Waals surface area contributed by atoms with E-state index < -0.39 is 0 Å². The fourth-order valence-corrected chi connectivity index (χ4v) is 2.09. The van der Waals surface area contributed by atoms with Crippen LogP contribution in [0.4, 0.5) is 11.5 Å². The smallest absolute Gasteiger partial charge is 0.251 e. The molecule has 0 aliphatic heterocycles. The zero-order valence-corrected chi connectivity index (χ0v) is 14.7. The van der Waals surface area contributed by atoms with E-state index in [-0.39, 0.29) is 18.1 Å². The number of nitrogens with zero attached hydrogens (tertiary/aromatic N) is 1. The fourth-order valence-electron chi connectivity index (χ4n) is 2.09. The van der Waals surface area contributed by atoms with E-state index in [0.717, 1.165) is 17.9 Å². The van der Waals surface area contributed by atoms with E-state index in [1.54, 1.807) is 18.3 Å². The minimum Gasteiger partial charge on any atom is -0.491 e. The monoisotopic (exact) mass is 327 g/mol. The van der Waals surface area contributed by atoms with Crippen LogP contribution < -0.4 is 15.4 Å². The molecule has 0 aliphatic rings. The lowest BCUT2D eigenvalue weighted by Crippen LogP contribution is -2.31. The van der Waals surface area contributed by atoms with Crippen LogP contribution in [0.1, 0.15) is 44.5 Å². The maximum absolute atomic E-state index is 12.2. The van der Waals surface area contributed by atoms with Crippen LogP contribution in [-0.2, 0) is 0 Å². The number of anilines is 2. The van der Waals surface area contributed by atoms with Crippen molar-refractivity contribution in [2.75, 3.05) is 5.32 Å². The van der Waals surface area contributed by atoms with Crippen molar-refractivity contribution >= 4 is 17.4 Å². The summed E-state index contributed by atoms with van der Waals surface area (Å²) >= 11 is 0. The van der Waals surface area contributed by atoms with Crippen molar-refractivity contribution in [3.63, 3.8) is 0 Å². The summed E-state index contributed by atoms with van der Waals surface area (Å²) in [6, 6.07) is 11.3. The lowest BCUT2D eigenvalue weighted by atomic mass is 10.2. The molecule has 0 saturated heterocycles. The van der Waals surface area contributed by atoms with Gasteiger partial charge in [0, 0.05) is 23.5 Å². The number of aromatic nitrogens is 1. The van der Waals surface area contributed by atoms with Crippen LogP contribution in [-0.4, -0.2) is 23.0 Å². The van der Waals surface area contributed by atoms with E-state index in [0.29, 0.717) is 11.4 Å². The molecular formula is C19H25N3O2. The van der Waals surface area contributed by atoms with Crippen molar-refractivity contribution < 1.29 is 9.53 Å². The second-order valence-corrected chi connectivity index (χ2v) is 6.03. The van der Waals surface area contributed by atoms with Crippen molar-refractivity contribution in [2.24, 2.45) is 0 Å². The summed E-state index contributed by atoms with van der Waals surface area (Å²) in [5.41, 5.74) is 1.48. The van der Waals surface area contributed by atoms with Crippen molar-refractivity contribution in [3.05, 3.63) is 48.2 Å². The zero-order valence-electron chi connectivity index (χ0n) is 14.7. The highest BCUT2D eigenvalue weighted by molar-refractivity contribution is 5.95. The Labute approximate surface area is 143 Å². The number of hydrogen-bond donors (Lipinski definition) is 2. The SMILES string of the molecule is CCC(C)NC(=O)c1ccnc(Nc2ccc(OC(C)C)cc2)c1. The average molecular weight is 327 g/mol. The summed E-state index contributed by atoms with van der Waals surface area (Å²) in [6.07, 6.45) is 2.67. The molecule has 0 spiro atoms. The van der Waals surface area contributed by atoms with Crippen LogP contribution in [0.25, 0.3) is 0 Å². The number of nitrogens with one attached hydrogen (secondary N) is 2. The summed E-state index contributed by atoms with van der Waals surface area (Å²) < 4.78 is 5.62. The number of pyridine rings is 1. The third-order valence-corrected chi connectivity index (χ3v) is 3.51. The van der Waals surface area contributed by atoms with Gasteiger partial charge in [0.2, 0.25) is 0 Å². The van der Waals surface area contributed by atoms with E-state index in [9.17, 15) is 4.79 Å². The molecule has 1 atom stereocenters. The summed E-state index contributed by atoms with van der Waals surface area (Å²) in [5.74, 6) is 1.37. The molecule has 5 heteroatoms. The van der Waals surface area contributed by atoms with Gasteiger partial charge in [0.05, 0.1) is 6.10 Å². The molecule has 0 saturated carbocycles. The zero-order chi connectivity index (χ0) is 17.5. The van der Waals surface area contributed by atoms with E-state index >= 15 is 0 Å². The summed E-state index contributed by atoms with van der Waals surface area (Å²) in [6.45, 7) is 8.01. The molecule has 2 aromatic rings. The van der Waals surface area contributed by atoms with Gasteiger partial charge in [0.25, 0.3) is 5.91 Å². The molecule has 0 fully saturated rings. The van der Waals surface area contributed by atoms with Crippen molar-refractivity contribution in [1.82, 2.24) is 10.3 Å². The Morgan fingerprint density at radius 3 is 2.50 bits per heavy atom. The molecule has 1 aromatic heterocycles. The topological polar surface area (TPSA) is 63.2 Å². The maximum Gasteiger partial charge on any atom is 0.251 e. The molecule has 5 nitrogen and oxygen atoms in total. The predicted molar refractivity (Wildman–Crippen MR) is 96.9 cm³/mol. The number of hydrogen-bond acceptors (Lipinski definition) is 4. The van der Waals surface area contributed by atoms with Crippen LogP contribution in [0.15, 0.2) is 42.6 Å². The summed E-state index contributed by atoms with van der Waals surface area (Å²) in [4.78, 5) is 16.4. The molecule has 1 aromatic carbocycles. The van der Waals surface area contributed by atoms with Crippen LogP contribution in [0.5, 0.6) is 5.75 Å². The molecule has 0 radical (unpaired) electrons. The van der Waals surface area contributed by atoms with Gasteiger partial charge in [-0.2, -0.15) is 0 Å². The largest absolute Gasteiger partial charge is 0.491 e. The Morgan fingerprint density at radius 1 is 1.17 bits per heavy atom. The molecule has 0 bridgehead atoms. The van der Waals surface area contributed by atoms with E-state index in [2.05, 4.69) is 15.6 Å². The van der Waals surface area contributed by atoms with Crippen LogP contribution >= 0.6 is 0 Å². The van der Waals surface area contributed by atoms with Gasteiger partial charge in [-0.3, -0.25) is 4.79 Å². The Bertz CT molecular complexity index is 669. The van der Waals surface area contributed by atoms with Crippen molar-refractivity contribution in [2.45, 2.75) is 46.3 Å². The van der Waals surface area contributed by atoms with Gasteiger partial charge >= 0.3 is 0 Å². The molecular weight excluding hydrogens is 302 g/mol. The molecule has 0 aliphatic carbocycles. The lowest BCUT2D eigenvalue weighted by Gasteiger charge is -2.13. The second-order valence-electron chi connectivity index (χ2n) is 6.03. The third kappa shape index (κ3) is 5.26. The van der Waals surface area contributed by atoms with Gasteiger partial charge in [-0.1, -0.05) is 6.92 Å². The molecule has 2 N–H and O–H groups in total. The Morgan fingerprint density at radius 2 is 1.88 bits per heavy atom.